The van der Waals surface area contributed by atoms with Gasteiger partial charge in [-0.15, -0.1) is 0 Å². The van der Waals surface area contributed by atoms with Crippen molar-refractivity contribution in [2.24, 2.45) is 0 Å². The summed E-state index contributed by atoms with van der Waals surface area (Å²) in [6.07, 6.45) is 0.982. The van der Waals surface area contributed by atoms with Gasteiger partial charge in [-0.2, -0.15) is 4.31 Å². The molecule has 11 nitrogen and oxygen atoms in total. The molecule has 3 aromatic carbocycles. The molecule has 208 valence electrons. The molecule has 4 rings (SSSR count). The van der Waals surface area contributed by atoms with Gasteiger partial charge in [0.15, 0.2) is 5.75 Å². The van der Waals surface area contributed by atoms with Crippen LogP contribution in [-0.2, 0) is 29.6 Å². The number of rotatable bonds is 10. The van der Waals surface area contributed by atoms with Gasteiger partial charge in [0.2, 0.25) is 26.0 Å². The minimum atomic E-state index is -3.93. The van der Waals surface area contributed by atoms with Gasteiger partial charge in [-0.1, -0.05) is 30.3 Å². The zero-order chi connectivity index (χ0) is 28.0. The van der Waals surface area contributed by atoms with Gasteiger partial charge in [0.05, 0.1) is 42.8 Å². The Morgan fingerprint density at radius 2 is 1.62 bits per heavy atom. The van der Waals surface area contributed by atoms with Crippen LogP contribution in [0, 0.1) is 0 Å². The molecular weight excluding hydrogens is 546 g/mol. The number of benzene rings is 3. The largest absolute Gasteiger partial charge is 0.495 e. The SMILES string of the molecule is COc1ccc(S(=O)(=O)N2CCOCC2)cc1NC(=O)CN(c1ccccc1Oc1ccccc1)S(C)(=O)=O. The summed E-state index contributed by atoms with van der Waals surface area (Å²) in [4.78, 5) is 13.1. The van der Waals surface area contributed by atoms with Crippen LogP contribution in [0.3, 0.4) is 0 Å². The maximum absolute atomic E-state index is 13.2. The number of hydrogen-bond acceptors (Lipinski definition) is 8. The van der Waals surface area contributed by atoms with Crippen molar-refractivity contribution >= 4 is 37.3 Å². The topological polar surface area (TPSA) is 132 Å². The number of nitrogens with one attached hydrogen (secondary N) is 1. The maximum Gasteiger partial charge on any atom is 0.245 e. The Morgan fingerprint density at radius 1 is 0.949 bits per heavy atom. The fourth-order valence-electron chi connectivity index (χ4n) is 3.95. The molecule has 0 aromatic heterocycles. The van der Waals surface area contributed by atoms with E-state index in [1.807, 2.05) is 6.07 Å². The lowest BCUT2D eigenvalue weighted by Gasteiger charge is -2.26. The molecule has 1 fully saturated rings. The minimum Gasteiger partial charge on any atom is -0.495 e. The molecule has 0 atom stereocenters. The van der Waals surface area contributed by atoms with Crippen molar-refractivity contribution < 1.29 is 35.8 Å². The van der Waals surface area contributed by atoms with Gasteiger partial charge in [0.1, 0.15) is 18.0 Å². The van der Waals surface area contributed by atoms with Crippen LogP contribution in [0.1, 0.15) is 0 Å². The molecule has 39 heavy (non-hydrogen) atoms. The average molecular weight is 576 g/mol. The van der Waals surface area contributed by atoms with E-state index in [0.29, 0.717) is 5.75 Å². The molecule has 3 aromatic rings. The van der Waals surface area contributed by atoms with Gasteiger partial charge >= 0.3 is 0 Å². The van der Waals surface area contributed by atoms with Crippen LogP contribution in [0.5, 0.6) is 17.2 Å². The van der Waals surface area contributed by atoms with E-state index in [-0.39, 0.29) is 54.1 Å². The molecule has 0 aliphatic carbocycles. The first-order chi connectivity index (χ1) is 18.6. The molecular formula is C26H29N3O8S2. The van der Waals surface area contributed by atoms with E-state index < -0.39 is 32.5 Å². The van der Waals surface area contributed by atoms with Crippen molar-refractivity contribution in [3.8, 4) is 17.2 Å². The smallest absolute Gasteiger partial charge is 0.245 e. The molecule has 1 N–H and O–H groups in total. The molecule has 0 bridgehead atoms. The molecule has 13 heteroatoms. The standard InChI is InChI=1S/C26H29N3O8S2/c1-35-24-13-12-21(39(33,34)28-14-16-36-17-15-28)18-22(24)27-26(30)19-29(38(2,31)32)23-10-6-7-11-25(23)37-20-8-4-3-5-9-20/h3-13,18H,14-17,19H2,1-2H3,(H,27,30). The van der Waals surface area contributed by atoms with Gasteiger partial charge in [0.25, 0.3) is 0 Å². The molecule has 1 aliphatic heterocycles. The molecule has 0 saturated carbocycles. The van der Waals surface area contributed by atoms with E-state index in [1.165, 1.54) is 35.7 Å². The summed E-state index contributed by atoms with van der Waals surface area (Å²) < 4.78 is 70.5. The molecule has 0 unspecified atom stereocenters. The molecule has 0 radical (unpaired) electrons. The Bertz CT molecular complexity index is 1520. The lowest BCUT2D eigenvalue weighted by Crippen LogP contribution is -2.40. The predicted octanol–water partition coefficient (Wildman–Crippen LogP) is 2.91. The highest BCUT2D eigenvalue weighted by Gasteiger charge is 2.28. The number of ether oxygens (including phenoxy) is 3. The van der Waals surface area contributed by atoms with E-state index in [2.05, 4.69) is 5.32 Å². The Labute approximate surface area is 228 Å². The van der Waals surface area contributed by atoms with Gasteiger partial charge < -0.3 is 19.5 Å². The van der Waals surface area contributed by atoms with Crippen LogP contribution >= 0.6 is 0 Å². The first-order valence-corrected chi connectivity index (χ1v) is 15.2. The summed E-state index contributed by atoms with van der Waals surface area (Å²) in [7, 11) is -6.41. The zero-order valence-electron chi connectivity index (χ0n) is 21.4. The highest BCUT2D eigenvalue weighted by molar-refractivity contribution is 7.92. The van der Waals surface area contributed by atoms with E-state index in [1.54, 1.807) is 42.5 Å². The molecule has 1 heterocycles. The first kappa shape index (κ1) is 28.4. The fourth-order valence-corrected chi connectivity index (χ4v) is 6.24. The van der Waals surface area contributed by atoms with Gasteiger partial charge in [0, 0.05) is 13.1 Å². The third-order valence-electron chi connectivity index (χ3n) is 5.85. The Balaban J connectivity index is 1.60. The van der Waals surface area contributed by atoms with E-state index in [9.17, 15) is 21.6 Å². The van der Waals surface area contributed by atoms with Crippen molar-refractivity contribution in [1.82, 2.24) is 4.31 Å². The van der Waals surface area contributed by atoms with Crippen LogP contribution in [0.25, 0.3) is 0 Å². The second-order valence-electron chi connectivity index (χ2n) is 8.58. The molecule has 1 amide bonds. The maximum atomic E-state index is 13.2. The highest BCUT2D eigenvalue weighted by atomic mass is 32.2. The number of nitrogens with zero attached hydrogens (tertiary/aromatic N) is 2. The molecule has 1 aliphatic rings. The number of carbonyl (C=O) groups excluding carboxylic acids is 1. The van der Waals surface area contributed by atoms with Gasteiger partial charge in [-0.25, -0.2) is 16.8 Å². The van der Waals surface area contributed by atoms with E-state index in [0.717, 1.165) is 10.6 Å². The van der Waals surface area contributed by atoms with Gasteiger partial charge in [-0.3, -0.25) is 9.10 Å². The number of carbonyl (C=O) groups is 1. The quantitative estimate of drug-likeness (QED) is 0.391. The number of amides is 1. The highest BCUT2D eigenvalue weighted by Crippen LogP contribution is 2.34. The fraction of sp³-hybridized carbons (Fsp3) is 0.269. The monoisotopic (exact) mass is 575 g/mol. The average Bonchev–Trinajstić information content (AvgIpc) is 2.92. The van der Waals surface area contributed by atoms with Crippen LogP contribution in [0.2, 0.25) is 0 Å². The molecule has 0 spiro atoms. The number of anilines is 2. The van der Waals surface area contributed by atoms with Crippen molar-refractivity contribution in [2.75, 3.05) is 55.8 Å². The summed E-state index contributed by atoms with van der Waals surface area (Å²) in [5, 5.41) is 2.60. The van der Waals surface area contributed by atoms with Crippen molar-refractivity contribution in [1.29, 1.82) is 0 Å². The van der Waals surface area contributed by atoms with Crippen LogP contribution in [0.4, 0.5) is 11.4 Å². The van der Waals surface area contributed by atoms with E-state index >= 15 is 0 Å². The van der Waals surface area contributed by atoms with Crippen molar-refractivity contribution in [2.45, 2.75) is 4.90 Å². The third-order valence-corrected chi connectivity index (χ3v) is 8.87. The van der Waals surface area contributed by atoms with Crippen LogP contribution in [-0.4, -0.2) is 73.3 Å². The summed E-state index contributed by atoms with van der Waals surface area (Å²) in [6, 6.07) is 19.4. The summed E-state index contributed by atoms with van der Waals surface area (Å²) >= 11 is 0. The number of para-hydroxylation sites is 3. The minimum absolute atomic E-state index is 0.0397. The number of morpholine rings is 1. The summed E-state index contributed by atoms with van der Waals surface area (Å²) in [6.45, 7) is 0.400. The third kappa shape index (κ3) is 6.87. The number of sulfonamides is 2. The van der Waals surface area contributed by atoms with Gasteiger partial charge in [-0.05, 0) is 42.5 Å². The second-order valence-corrected chi connectivity index (χ2v) is 12.4. The lowest BCUT2D eigenvalue weighted by molar-refractivity contribution is -0.114. The van der Waals surface area contributed by atoms with E-state index in [4.69, 9.17) is 14.2 Å². The normalized spacial score (nSPS) is 14.4. The van der Waals surface area contributed by atoms with Crippen LogP contribution < -0.4 is 19.1 Å². The first-order valence-electron chi connectivity index (χ1n) is 11.9. The molecule has 1 saturated heterocycles. The lowest BCUT2D eigenvalue weighted by atomic mass is 10.2. The zero-order valence-corrected chi connectivity index (χ0v) is 23.1. The Morgan fingerprint density at radius 3 is 2.28 bits per heavy atom. The second kappa shape index (κ2) is 12.0. The summed E-state index contributed by atoms with van der Waals surface area (Å²) in [5.74, 6) is 0.223. The number of methoxy groups -OCH3 is 1. The van der Waals surface area contributed by atoms with Crippen molar-refractivity contribution in [3.63, 3.8) is 0 Å². The Kier molecular flexibility index (Phi) is 8.75. The Hall–Kier alpha value is -3.65. The predicted molar refractivity (Wildman–Crippen MR) is 146 cm³/mol. The van der Waals surface area contributed by atoms with Crippen molar-refractivity contribution in [3.05, 3.63) is 72.8 Å². The van der Waals surface area contributed by atoms with Crippen LogP contribution in [0.15, 0.2) is 77.7 Å². The number of hydrogen-bond donors (Lipinski definition) is 1. The summed E-state index contributed by atoms with van der Waals surface area (Å²) in [5.41, 5.74) is 0.244.